The summed E-state index contributed by atoms with van der Waals surface area (Å²) in [7, 11) is -3.82. The van der Waals surface area contributed by atoms with Crippen molar-refractivity contribution in [2.45, 2.75) is 50.1 Å². The van der Waals surface area contributed by atoms with Gasteiger partial charge in [-0.3, -0.25) is 9.69 Å². The largest absolute Gasteiger partial charge is 0.482 e. The number of amides is 1. The SMILES string of the molecule is Cc1ccccc1CNS(=O)(=O)c1ccc2c(c1)N(Cc1noc(C3CCC3)n1)C(=O)CO2. The van der Waals surface area contributed by atoms with E-state index in [4.69, 9.17) is 9.26 Å². The number of anilines is 1. The molecule has 1 aliphatic carbocycles. The van der Waals surface area contributed by atoms with Crippen LogP contribution in [0.2, 0.25) is 0 Å². The normalized spacial score (nSPS) is 16.3. The summed E-state index contributed by atoms with van der Waals surface area (Å²) in [5, 5.41) is 4.01. The zero-order valence-corrected chi connectivity index (χ0v) is 19.0. The summed E-state index contributed by atoms with van der Waals surface area (Å²) < 4.78 is 39.4. The van der Waals surface area contributed by atoms with E-state index in [2.05, 4.69) is 14.9 Å². The Morgan fingerprint density at radius 1 is 1.18 bits per heavy atom. The van der Waals surface area contributed by atoms with Gasteiger partial charge in [0, 0.05) is 12.5 Å². The van der Waals surface area contributed by atoms with E-state index in [1.807, 2.05) is 31.2 Å². The molecule has 0 bridgehead atoms. The van der Waals surface area contributed by atoms with E-state index in [9.17, 15) is 13.2 Å². The summed E-state index contributed by atoms with van der Waals surface area (Å²) in [5.41, 5.74) is 2.25. The molecule has 1 fully saturated rings. The van der Waals surface area contributed by atoms with E-state index in [-0.39, 0.29) is 36.4 Å². The van der Waals surface area contributed by atoms with E-state index in [0.29, 0.717) is 23.2 Å². The number of ether oxygens (including phenoxy) is 1. The highest BCUT2D eigenvalue weighted by atomic mass is 32.2. The molecule has 0 atom stereocenters. The van der Waals surface area contributed by atoms with Crippen LogP contribution in [0.15, 0.2) is 51.9 Å². The van der Waals surface area contributed by atoms with Crippen molar-refractivity contribution in [3.05, 3.63) is 65.3 Å². The lowest BCUT2D eigenvalue weighted by atomic mass is 9.85. The third kappa shape index (κ3) is 4.36. The van der Waals surface area contributed by atoms with Gasteiger partial charge in [-0.1, -0.05) is 35.8 Å². The summed E-state index contributed by atoms with van der Waals surface area (Å²) in [6, 6.07) is 12.0. The molecule has 2 heterocycles. The molecule has 1 amide bonds. The predicted molar refractivity (Wildman–Crippen MR) is 119 cm³/mol. The number of fused-ring (bicyclic) bond motifs is 1. The van der Waals surface area contributed by atoms with Gasteiger partial charge in [0.15, 0.2) is 12.4 Å². The lowest BCUT2D eigenvalue weighted by molar-refractivity contribution is -0.121. The van der Waals surface area contributed by atoms with Crippen LogP contribution in [0.3, 0.4) is 0 Å². The minimum absolute atomic E-state index is 0.0430. The molecular weight excluding hydrogens is 444 g/mol. The molecule has 2 aromatic carbocycles. The zero-order valence-electron chi connectivity index (χ0n) is 18.2. The second-order valence-electron chi connectivity index (χ2n) is 8.33. The number of benzene rings is 2. The standard InChI is InChI=1S/C23H24N4O5S/c1-15-5-2-3-6-17(15)12-24-33(29,30)18-9-10-20-19(11-18)27(22(28)14-31-20)13-21-25-23(32-26-21)16-7-4-8-16/h2-3,5-6,9-11,16,24H,4,7-8,12-14H2,1H3. The number of rotatable bonds is 7. The van der Waals surface area contributed by atoms with Gasteiger partial charge in [0.1, 0.15) is 5.75 Å². The maximum absolute atomic E-state index is 13.0. The molecule has 3 aromatic rings. The van der Waals surface area contributed by atoms with Gasteiger partial charge in [-0.15, -0.1) is 0 Å². The smallest absolute Gasteiger partial charge is 0.265 e. The molecule has 1 N–H and O–H groups in total. The van der Waals surface area contributed by atoms with E-state index in [1.54, 1.807) is 6.07 Å². The van der Waals surface area contributed by atoms with E-state index in [0.717, 1.165) is 30.4 Å². The number of nitrogens with one attached hydrogen (secondary N) is 1. The molecule has 0 saturated heterocycles. The number of sulfonamides is 1. The van der Waals surface area contributed by atoms with E-state index in [1.165, 1.54) is 17.0 Å². The van der Waals surface area contributed by atoms with Crippen molar-refractivity contribution in [1.29, 1.82) is 0 Å². The Labute approximate surface area is 191 Å². The summed E-state index contributed by atoms with van der Waals surface area (Å²) in [4.78, 5) is 18.5. The van der Waals surface area contributed by atoms with Gasteiger partial charge in [0.2, 0.25) is 15.9 Å². The van der Waals surface area contributed by atoms with Crippen LogP contribution in [-0.2, 0) is 27.9 Å². The molecule has 172 valence electrons. The maximum atomic E-state index is 13.0. The molecule has 0 spiro atoms. The number of carbonyl (C=O) groups is 1. The van der Waals surface area contributed by atoms with Gasteiger partial charge in [-0.05, 0) is 49.1 Å². The van der Waals surface area contributed by atoms with Gasteiger partial charge in [-0.25, -0.2) is 13.1 Å². The van der Waals surface area contributed by atoms with Gasteiger partial charge in [-0.2, -0.15) is 4.98 Å². The zero-order chi connectivity index (χ0) is 23.0. The first-order valence-corrected chi connectivity index (χ1v) is 12.3. The quantitative estimate of drug-likeness (QED) is 0.567. The molecule has 0 unspecified atom stereocenters. The van der Waals surface area contributed by atoms with Crippen molar-refractivity contribution in [3.8, 4) is 5.75 Å². The molecule has 33 heavy (non-hydrogen) atoms. The molecule has 5 rings (SSSR count). The minimum Gasteiger partial charge on any atom is -0.482 e. The highest BCUT2D eigenvalue weighted by Crippen LogP contribution is 2.37. The Balaban J connectivity index is 1.38. The highest BCUT2D eigenvalue weighted by molar-refractivity contribution is 7.89. The van der Waals surface area contributed by atoms with Crippen LogP contribution in [0.25, 0.3) is 0 Å². The molecule has 10 heteroatoms. The lowest BCUT2D eigenvalue weighted by Crippen LogP contribution is -2.38. The third-order valence-corrected chi connectivity index (χ3v) is 7.53. The van der Waals surface area contributed by atoms with Crippen LogP contribution in [0.1, 0.15) is 48.0 Å². The van der Waals surface area contributed by atoms with Crippen LogP contribution in [-0.4, -0.2) is 31.1 Å². The Kier molecular flexibility index (Phi) is 5.63. The number of hydrogen-bond donors (Lipinski definition) is 1. The molecule has 1 aromatic heterocycles. The van der Waals surface area contributed by atoms with Gasteiger partial charge < -0.3 is 9.26 Å². The minimum atomic E-state index is -3.82. The molecule has 2 aliphatic rings. The number of aromatic nitrogens is 2. The maximum Gasteiger partial charge on any atom is 0.265 e. The predicted octanol–water partition coefficient (Wildman–Crippen LogP) is 3.05. The van der Waals surface area contributed by atoms with Crippen molar-refractivity contribution in [3.63, 3.8) is 0 Å². The molecule has 1 saturated carbocycles. The van der Waals surface area contributed by atoms with Crippen LogP contribution >= 0.6 is 0 Å². The second kappa shape index (κ2) is 8.60. The summed E-state index contributed by atoms with van der Waals surface area (Å²) in [5.74, 6) is 1.38. The van der Waals surface area contributed by atoms with Gasteiger partial charge >= 0.3 is 0 Å². The monoisotopic (exact) mass is 468 g/mol. The summed E-state index contributed by atoms with van der Waals surface area (Å²) in [6.07, 6.45) is 3.20. The fourth-order valence-corrected chi connectivity index (χ4v) is 4.91. The first-order chi connectivity index (χ1) is 15.9. The van der Waals surface area contributed by atoms with Crippen molar-refractivity contribution < 1.29 is 22.5 Å². The first-order valence-electron chi connectivity index (χ1n) is 10.8. The number of hydrogen-bond acceptors (Lipinski definition) is 7. The van der Waals surface area contributed by atoms with E-state index >= 15 is 0 Å². The van der Waals surface area contributed by atoms with E-state index < -0.39 is 10.0 Å². The van der Waals surface area contributed by atoms with Crippen LogP contribution < -0.4 is 14.4 Å². The van der Waals surface area contributed by atoms with Gasteiger partial charge in [0.25, 0.3) is 5.91 Å². The summed E-state index contributed by atoms with van der Waals surface area (Å²) in [6.45, 7) is 2.03. The first kappa shape index (κ1) is 21.6. The molecule has 9 nitrogen and oxygen atoms in total. The topological polar surface area (TPSA) is 115 Å². The van der Waals surface area contributed by atoms with Crippen LogP contribution in [0, 0.1) is 6.92 Å². The molecule has 1 aliphatic heterocycles. The van der Waals surface area contributed by atoms with Gasteiger partial charge in [0.05, 0.1) is 17.1 Å². The lowest BCUT2D eigenvalue weighted by Gasteiger charge is -2.28. The highest BCUT2D eigenvalue weighted by Gasteiger charge is 2.30. The Hall–Kier alpha value is -3.24. The van der Waals surface area contributed by atoms with Crippen molar-refractivity contribution in [2.75, 3.05) is 11.5 Å². The number of aryl methyl sites for hydroxylation is 1. The Bertz CT molecular complexity index is 1300. The molecule has 0 radical (unpaired) electrons. The summed E-state index contributed by atoms with van der Waals surface area (Å²) >= 11 is 0. The second-order valence-corrected chi connectivity index (χ2v) is 10.1. The number of carbonyl (C=O) groups excluding carboxylic acids is 1. The van der Waals surface area contributed by atoms with Crippen LogP contribution in [0.5, 0.6) is 5.75 Å². The van der Waals surface area contributed by atoms with Crippen molar-refractivity contribution in [1.82, 2.24) is 14.9 Å². The Morgan fingerprint density at radius 3 is 2.76 bits per heavy atom. The average molecular weight is 469 g/mol. The third-order valence-electron chi connectivity index (χ3n) is 6.14. The van der Waals surface area contributed by atoms with Crippen molar-refractivity contribution in [2.24, 2.45) is 0 Å². The fraction of sp³-hybridized carbons (Fsp3) is 0.348. The molecular formula is C23H24N4O5S. The fourth-order valence-electron chi connectivity index (χ4n) is 3.88. The Morgan fingerprint density at radius 2 is 2.00 bits per heavy atom. The van der Waals surface area contributed by atoms with Crippen LogP contribution in [0.4, 0.5) is 5.69 Å². The average Bonchev–Trinajstić information content (AvgIpc) is 3.21. The van der Waals surface area contributed by atoms with Crippen molar-refractivity contribution >= 4 is 21.6 Å². The number of nitrogens with zero attached hydrogens (tertiary/aromatic N) is 3.